The van der Waals surface area contributed by atoms with E-state index in [0.717, 1.165) is 17.6 Å². The minimum atomic E-state index is -0.786. The zero-order valence-electron chi connectivity index (χ0n) is 14.0. The van der Waals surface area contributed by atoms with Gasteiger partial charge in [0.1, 0.15) is 16.9 Å². The number of likely N-dealkylation sites (N-methyl/N-ethyl adjacent to an activating group) is 1. The van der Waals surface area contributed by atoms with Crippen molar-refractivity contribution >= 4 is 17.5 Å². The fourth-order valence-corrected chi connectivity index (χ4v) is 3.39. The van der Waals surface area contributed by atoms with Crippen LogP contribution in [0.5, 0.6) is 0 Å². The van der Waals surface area contributed by atoms with E-state index < -0.39 is 5.54 Å². The molecule has 23 heavy (non-hydrogen) atoms. The lowest BCUT2D eigenvalue weighted by Crippen LogP contribution is -2.55. The third-order valence-electron chi connectivity index (χ3n) is 4.65. The SMILES string of the molecule is Cc1cccn2cc(C(=O)N3CCC[C@@]3(C)C(=O)N(C)C)nc12. The van der Waals surface area contributed by atoms with Crippen molar-refractivity contribution in [3.05, 3.63) is 35.8 Å². The first-order valence-electron chi connectivity index (χ1n) is 7.82. The Morgan fingerprint density at radius 1 is 1.35 bits per heavy atom. The second kappa shape index (κ2) is 5.37. The number of aryl methyl sites for hydroxylation is 1. The van der Waals surface area contributed by atoms with Crippen molar-refractivity contribution in [2.24, 2.45) is 0 Å². The second-order valence-electron chi connectivity index (χ2n) is 6.58. The van der Waals surface area contributed by atoms with Crippen molar-refractivity contribution in [2.45, 2.75) is 32.2 Å². The number of carbonyl (C=O) groups is 2. The van der Waals surface area contributed by atoms with E-state index in [1.54, 1.807) is 30.1 Å². The van der Waals surface area contributed by atoms with Crippen LogP contribution in [0, 0.1) is 6.92 Å². The molecule has 122 valence electrons. The number of carbonyl (C=O) groups excluding carboxylic acids is 2. The molecule has 6 nitrogen and oxygen atoms in total. The largest absolute Gasteiger partial charge is 0.347 e. The molecule has 1 aliphatic heterocycles. The van der Waals surface area contributed by atoms with Gasteiger partial charge >= 0.3 is 0 Å². The third-order valence-corrected chi connectivity index (χ3v) is 4.65. The number of likely N-dealkylation sites (tertiary alicyclic amines) is 1. The van der Waals surface area contributed by atoms with Crippen LogP contribution in [0.3, 0.4) is 0 Å². The Balaban J connectivity index is 1.98. The van der Waals surface area contributed by atoms with Gasteiger partial charge < -0.3 is 14.2 Å². The summed E-state index contributed by atoms with van der Waals surface area (Å²) in [5.41, 5.74) is 1.39. The number of pyridine rings is 1. The molecule has 0 aromatic carbocycles. The summed E-state index contributed by atoms with van der Waals surface area (Å²) in [4.78, 5) is 33.2. The van der Waals surface area contributed by atoms with E-state index in [0.29, 0.717) is 18.7 Å². The lowest BCUT2D eigenvalue weighted by atomic mass is 9.97. The molecule has 1 saturated heterocycles. The normalized spacial score (nSPS) is 21.0. The van der Waals surface area contributed by atoms with E-state index in [1.165, 1.54) is 0 Å². The molecule has 6 heteroatoms. The van der Waals surface area contributed by atoms with Crippen molar-refractivity contribution < 1.29 is 9.59 Å². The Morgan fingerprint density at radius 3 is 2.74 bits per heavy atom. The number of amides is 2. The zero-order chi connectivity index (χ0) is 16.8. The van der Waals surface area contributed by atoms with E-state index in [2.05, 4.69) is 4.98 Å². The van der Waals surface area contributed by atoms with Gasteiger partial charge in [0, 0.05) is 33.0 Å². The summed E-state index contributed by atoms with van der Waals surface area (Å²) in [6.45, 7) is 4.40. The number of aromatic nitrogens is 2. The summed E-state index contributed by atoms with van der Waals surface area (Å²) in [5, 5.41) is 0. The quantitative estimate of drug-likeness (QED) is 0.848. The summed E-state index contributed by atoms with van der Waals surface area (Å²) in [6.07, 6.45) is 5.13. The van der Waals surface area contributed by atoms with Crippen molar-refractivity contribution in [1.82, 2.24) is 19.2 Å². The van der Waals surface area contributed by atoms with Gasteiger partial charge in [-0.2, -0.15) is 0 Å². The maximum atomic E-state index is 12.9. The van der Waals surface area contributed by atoms with Gasteiger partial charge in [-0.05, 0) is 38.3 Å². The van der Waals surface area contributed by atoms with Crippen LogP contribution in [0.15, 0.2) is 24.5 Å². The first kappa shape index (κ1) is 15.5. The van der Waals surface area contributed by atoms with Crippen molar-refractivity contribution in [3.63, 3.8) is 0 Å². The average Bonchev–Trinajstić information content (AvgIpc) is 3.11. The van der Waals surface area contributed by atoms with Gasteiger partial charge in [-0.3, -0.25) is 9.59 Å². The molecule has 0 unspecified atom stereocenters. The highest BCUT2D eigenvalue weighted by molar-refractivity contribution is 5.98. The van der Waals surface area contributed by atoms with Crippen LogP contribution in [0.1, 0.15) is 35.8 Å². The Kier molecular flexibility index (Phi) is 3.62. The zero-order valence-corrected chi connectivity index (χ0v) is 14.0. The number of hydrogen-bond donors (Lipinski definition) is 0. The molecular formula is C17H22N4O2. The molecule has 0 N–H and O–H groups in total. The van der Waals surface area contributed by atoms with Crippen molar-refractivity contribution in [1.29, 1.82) is 0 Å². The average molecular weight is 314 g/mol. The molecule has 3 heterocycles. The van der Waals surface area contributed by atoms with Crippen LogP contribution in [-0.4, -0.2) is 57.2 Å². The van der Waals surface area contributed by atoms with Crippen molar-refractivity contribution in [3.8, 4) is 0 Å². The first-order chi connectivity index (χ1) is 10.8. The van der Waals surface area contributed by atoms with Gasteiger partial charge in [0.05, 0.1) is 0 Å². The van der Waals surface area contributed by atoms with Crippen molar-refractivity contribution in [2.75, 3.05) is 20.6 Å². The number of hydrogen-bond acceptors (Lipinski definition) is 3. The minimum Gasteiger partial charge on any atom is -0.347 e. The van der Waals surface area contributed by atoms with Gasteiger partial charge in [-0.1, -0.05) is 6.07 Å². The lowest BCUT2D eigenvalue weighted by molar-refractivity contribution is -0.138. The summed E-state index contributed by atoms with van der Waals surface area (Å²) in [5.74, 6) is -0.216. The van der Waals surface area contributed by atoms with E-state index >= 15 is 0 Å². The molecule has 0 radical (unpaired) electrons. The summed E-state index contributed by atoms with van der Waals surface area (Å²) in [7, 11) is 3.45. The van der Waals surface area contributed by atoms with Crippen LogP contribution < -0.4 is 0 Å². The van der Waals surface area contributed by atoms with E-state index in [4.69, 9.17) is 0 Å². The van der Waals surface area contributed by atoms with Gasteiger partial charge in [0.2, 0.25) is 5.91 Å². The number of fused-ring (bicyclic) bond motifs is 1. The molecule has 0 saturated carbocycles. The fourth-order valence-electron chi connectivity index (χ4n) is 3.39. The summed E-state index contributed by atoms with van der Waals surface area (Å²) in [6, 6.07) is 3.89. The van der Waals surface area contributed by atoms with Gasteiger partial charge in [-0.25, -0.2) is 4.98 Å². The molecule has 1 atom stereocenters. The Labute approximate surface area is 135 Å². The predicted molar refractivity (Wildman–Crippen MR) is 87.3 cm³/mol. The van der Waals surface area contributed by atoms with Crippen LogP contribution in [-0.2, 0) is 4.79 Å². The molecule has 0 spiro atoms. The van der Waals surface area contributed by atoms with Crippen LogP contribution in [0.25, 0.3) is 5.65 Å². The standard InChI is InChI=1S/C17H22N4O2/c1-12-7-5-9-20-11-13(18-14(12)20)15(22)21-10-6-8-17(21,2)16(23)19(3)4/h5,7,9,11H,6,8,10H2,1-4H3/t17-/m0/s1. The fraction of sp³-hybridized carbons (Fsp3) is 0.471. The number of rotatable bonds is 2. The molecular weight excluding hydrogens is 292 g/mol. The van der Waals surface area contributed by atoms with E-state index in [1.807, 2.05) is 36.6 Å². The molecule has 0 bridgehead atoms. The first-order valence-corrected chi connectivity index (χ1v) is 7.82. The van der Waals surface area contributed by atoms with Crippen LogP contribution >= 0.6 is 0 Å². The molecule has 1 fully saturated rings. The van der Waals surface area contributed by atoms with Gasteiger partial charge in [0.15, 0.2) is 0 Å². The molecule has 1 aliphatic rings. The Hall–Kier alpha value is -2.37. The highest BCUT2D eigenvalue weighted by Crippen LogP contribution is 2.32. The minimum absolute atomic E-state index is 0.0386. The number of nitrogens with zero attached hydrogens (tertiary/aromatic N) is 4. The smallest absolute Gasteiger partial charge is 0.274 e. The molecule has 2 aromatic rings. The van der Waals surface area contributed by atoms with Gasteiger partial charge in [-0.15, -0.1) is 0 Å². The Bertz CT molecular complexity index is 780. The molecule has 2 aromatic heterocycles. The second-order valence-corrected chi connectivity index (χ2v) is 6.58. The maximum absolute atomic E-state index is 12.9. The molecule has 0 aliphatic carbocycles. The lowest BCUT2D eigenvalue weighted by Gasteiger charge is -2.35. The van der Waals surface area contributed by atoms with E-state index in [-0.39, 0.29) is 11.8 Å². The topological polar surface area (TPSA) is 57.9 Å². The maximum Gasteiger partial charge on any atom is 0.274 e. The molecule has 2 amide bonds. The highest BCUT2D eigenvalue weighted by Gasteiger charge is 2.47. The van der Waals surface area contributed by atoms with E-state index in [9.17, 15) is 9.59 Å². The monoisotopic (exact) mass is 314 g/mol. The number of imidazole rings is 1. The summed E-state index contributed by atoms with van der Waals surface area (Å²) >= 11 is 0. The summed E-state index contributed by atoms with van der Waals surface area (Å²) < 4.78 is 1.85. The highest BCUT2D eigenvalue weighted by atomic mass is 16.2. The predicted octanol–water partition coefficient (Wildman–Crippen LogP) is 1.73. The van der Waals surface area contributed by atoms with Crippen LogP contribution in [0.2, 0.25) is 0 Å². The third kappa shape index (κ3) is 2.38. The molecule has 3 rings (SSSR count). The van der Waals surface area contributed by atoms with Gasteiger partial charge in [0.25, 0.3) is 5.91 Å². The van der Waals surface area contributed by atoms with Crippen LogP contribution in [0.4, 0.5) is 0 Å². The Morgan fingerprint density at radius 2 is 2.09 bits per heavy atom.